The quantitative estimate of drug-likeness (QED) is 0.744. The van der Waals surface area contributed by atoms with Crippen LogP contribution in [-0.2, 0) is 0 Å². The summed E-state index contributed by atoms with van der Waals surface area (Å²) in [5.41, 5.74) is 8.14. The lowest BCUT2D eigenvalue weighted by Gasteiger charge is -2.31. The monoisotopic (exact) mass is 363 g/mol. The van der Waals surface area contributed by atoms with Crippen LogP contribution in [0, 0.1) is 0 Å². The summed E-state index contributed by atoms with van der Waals surface area (Å²) < 4.78 is 2.00. The highest BCUT2D eigenvalue weighted by Crippen LogP contribution is 2.28. The Morgan fingerprint density at radius 2 is 1.74 bits per heavy atom. The van der Waals surface area contributed by atoms with Gasteiger partial charge in [0.2, 0.25) is 0 Å². The largest absolute Gasteiger partial charge is 0.364 e. The zero-order valence-corrected chi connectivity index (χ0v) is 14.8. The zero-order chi connectivity index (χ0) is 18.8. The fourth-order valence-electron chi connectivity index (χ4n) is 3.53. The van der Waals surface area contributed by atoms with Gasteiger partial charge in [-0.05, 0) is 55.3 Å². The highest BCUT2D eigenvalue weighted by molar-refractivity contribution is 5.94. The number of carbonyl (C=O) groups is 2. The number of nitrogens with two attached hydrogens (primary N) is 1. The van der Waals surface area contributed by atoms with Gasteiger partial charge >= 0.3 is 0 Å². The molecule has 0 spiro atoms. The summed E-state index contributed by atoms with van der Waals surface area (Å²) in [6, 6.07) is 13.3. The standard InChI is InChI=1S/C20H21N5O2/c21-19(26)18-13-17(22-23-18)14-7-11-25(12-8-14)20(27)15-3-5-16(6-4-15)24-9-1-2-10-24/h1-6,9-10,13-14H,7-8,11-12H2,(H2,21,26)(H,22,23). The Morgan fingerprint density at radius 1 is 1.07 bits per heavy atom. The lowest BCUT2D eigenvalue weighted by molar-refractivity contribution is 0.0712. The Labute approximate surface area is 156 Å². The number of rotatable bonds is 4. The second-order valence-electron chi connectivity index (χ2n) is 6.78. The van der Waals surface area contributed by atoms with Crippen LogP contribution in [-0.4, -0.2) is 44.6 Å². The van der Waals surface area contributed by atoms with E-state index in [0.29, 0.717) is 18.7 Å². The first-order chi connectivity index (χ1) is 13.1. The fraction of sp³-hybridized carbons (Fsp3) is 0.250. The van der Waals surface area contributed by atoms with Gasteiger partial charge < -0.3 is 15.2 Å². The molecular formula is C20H21N5O2. The molecule has 0 saturated carbocycles. The molecule has 27 heavy (non-hydrogen) atoms. The Hall–Kier alpha value is -3.35. The van der Waals surface area contributed by atoms with Crippen molar-refractivity contribution in [3.8, 4) is 5.69 Å². The van der Waals surface area contributed by atoms with E-state index in [1.165, 1.54) is 0 Å². The van der Waals surface area contributed by atoms with Crippen molar-refractivity contribution in [3.05, 3.63) is 71.8 Å². The molecule has 3 aromatic rings. The van der Waals surface area contributed by atoms with E-state index in [9.17, 15) is 9.59 Å². The number of piperidine rings is 1. The minimum atomic E-state index is -0.534. The van der Waals surface area contributed by atoms with E-state index in [-0.39, 0.29) is 17.5 Å². The predicted molar refractivity (Wildman–Crippen MR) is 101 cm³/mol. The summed E-state index contributed by atoms with van der Waals surface area (Å²) in [4.78, 5) is 25.8. The van der Waals surface area contributed by atoms with Crippen molar-refractivity contribution >= 4 is 11.8 Å². The maximum atomic E-state index is 12.8. The first-order valence-corrected chi connectivity index (χ1v) is 8.99. The SMILES string of the molecule is NC(=O)c1cc(C2CCN(C(=O)c3ccc(-n4cccc4)cc3)CC2)[nH]n1. The summed E-state index contributed by atoms with van der Waals surface area (Å²) in [6.07, 6.45) is 5.60. The van der Waals surface area contributed by atoms with Crippen molar-refractivity contribution in [2.45, 2.75) is 18.8 Å². The van der Waals surface area contributed by atoms with Crippen LogP contribution < -0.4 is 5.73 Å². The molecule has 1 aliphatic rings. The van der Waals surface area contributed by atoms with Crippen LogP contribution in [0.2, 0.25) is 0 Å². The third kappa shape index (κ3) is 3.48. The normalized spacial score (nSPS) is 15.0. The van der Waals surface area contributed by atoms with Gasteiger partial charge in [0.05, 0.1) is 0 Å². The number of H-pyrrole nitrogens is 1. The molecule has 0 radical (unpaired) electrons. The molecule has 0 aliphatic carbocycles. The molecule has 0 unspecified atom stereocenters. The highest BCUT2D eigenvalue weighted by Gasteiger charge is 2.26. The molecule has 1 saturated heterocycles. The number of carbonyl (C=O) groups excluding carboxylic acids is 2. The van der Waals surface area contributed by atoms with Gasteiger partial charge in [-0.25, -0.2) is 0 Å². The van der Waals surface area contributed by atoms with Gasteiger partial charge in [-0.3, -0.25) is 14.7 Å². The third-order valence-corrected chi connectivity index (χ3v) is 5.09. The summed E-state index contributed by atoms with van der Waals surface area (Å²) in [6.45, 7) is 1.35. The molecule has 138 valence electrons. The third-order valence-electron chi connectivity index (χ3n) is 5.09. The van der Waals surface area contributed by atoms with Crippen molar-refractivity contribution in [3.63, 3.8) is 0 Å². The van der Waals surface area contributed by atoms with Crippen LogP contribution in [0.25, 0.3) is 5.69 Å². The van der Waals surface area contributed by atoms with Crippen molar-refractivity contribution < 1.29 is 9.59 Å². The van der Waals surface area contributed by atoms with Crippen LogP contribution in [0.3, 0.4) is 0 Å². The van der Waals surface area contributed by atoms with E-state index in [2.05, 4.69) is 10.2 Å². The van der Waals surface area contributed by atoms with Crippen molar-refractivity contribution in [2.75, 3.05) is 13.1 Å². The average Bonchev–Trinajstić information content (AvgIpc) is 3.40. The maximum absolute atomic E-state index is 12.8. The van der Waals surface area contributed by atoms with E-state index < -0.39 is 5.91 Å². The number of amides is 2. The van der Waals surface area contributed by atoms with Crippen LogP contribution in [0.5, 0.6) is 0 Å². The van der Waals surface area contributed by atoms with Gasteiger partial charge in [0.25, 0.3) is 11.8 Å². The van der Waals surface area contributed by atoms with E-state index in [4.69, 9.17) is 5.73 Å². The second kappa shape index (κ2) is 7.11. The van der Waals surface area contributed by atoms with Gasteiger partial charge in [-0.2, -0.15) is 5.10 Å². The molecule has 1 aliphatic heterocycles. The van der Waals surface area contributed by atoms with Crippen LogP contribution in [0.4, 0.5) is 0 Å². The Balaban J connectivity index is 1.38. The molecule has 7 heteroatoms. The van der Waals surface area contributed by atoms with Gasteiger partial charge in [0.1, 0.15) is 5.69 Å². The maximum Gasteiger partial charge on any atom is 0.269 e. The lowest BCUT2D eigenvalue weighted by Crippen LogP contribution is -2.38. The first kappa shape index (κ1) is 17.1. The Kier molecular flexibility index (Phi) is 4.50. The first-order valence-electron chi connectivity index (χ1n) is 8.99. The fourth-order valence-corrected chi connectivity index (χ4v) is 3.53. The minimum absolute atomic E-state index is 0.0509. The molecule has 4 rings (SSSR count). The number of hydrogen-bond acceptors (Lipinski definition) is 3. The molecular weight excluding hydrogens is 342 g/mol. The van der Waals surface area contributed by atoms with Crippen molar-refractivity contribution in [1.29, 1.82) is 0 Å². The zero-order valence-electron chi connectivity index (χ0n) is 14.8. The number of likely N-dealkylation sites (tertiary alicyclic amines) is 1. The van der Waals surface area contributed by atoms with E-state index in [0.717, 1.165) is 24.2 Å². The molecule has 1 fully saturated rings. The number of primary amides is 1. The van der Waals surface area contributed by atoms with Gasteiger partial charge in [0, 0.05) is 48.3 Å². The Bertz CT molecular complexity index is 935. The topological polar surface area (TPSA) is 97.0 Å². The molecule has 2 amide bonds. The summed E-state index contributed by atoms with van der Waals surface area (Å²) in [5.74, 6) is -0.228. The summed E-state index contributed by atoms with van der Waals surface area (Å²) in [5, 5.41) is 6.84. The highest BCUT2D eigenvalue weighted by atomic mass is 16.2. The summed E-state index contributed by atoms with van der Waals surface area (Å²) in [7, 11) is 0. The van der Waals surface area contributed by atoms with E-state index >= 15 is 0 Å². The molecule has 0 atom stereocenters. The molecule has 2 aromatic heterocycles. The van der Waals surface area contributed by atoms with Crippen LogP contribution in [0.1, 0.15) is 45.3 Å². The number of aromatic amines is 1. The Morgan fingerprint density at radius 3 is 2.33 bits per heavy atom. The van der Waals surface area contributed by atoms with Crippen LogP contribution in [0.15, 0.2) is 54.9 Å². The number of aromatic nitrogens is 3. The molecule has 7 nitrogen and oxygen atoms in total. The number of benzene rings is 1. The van der Waals surface area contributed by atoms with Gasteiger partial charge in [-0.15, -0.1) is 0 Å². The molecule has 3 heterocycles. The average molecular weight is 363 g/mol. The van der Waals surface area contributed by atoms with Crippen molar-refractivity contribution in [1.82, 2.24) is 19.7 Å². The lowest BCUT2D eigenvalue weighted by atomic mass is 9.93. The van der Waals surface area contributed by atoms with Gasteiger partial charge in [0.15, 0.2) is 0 Å². The molecule has 1 aromatic carbocycles. The predicted octanol–water partition coefficient (Wildman–Crippen LogP) is 2.32. The number of nitrogens with zero attached hydrogens (tertiary/aromatic N) is 3. The van der Waals surface area contributed by atoms with Crippen LogP contribution >= 0.6 is 0 Å². The minimum Gasteiger partial charge on any atom is -0.364 e. The van der Waals surface area contributed by atoms with Gasteiger partial charge in [-0.1, -0.05) is 0 Å². The molecule has 3 N–H and O–H groups in total. The smallest absolute Gasteiger partial charge is 0.269 e. The van der Waals surface area contributed by atoms with E-state index in [1.54, 1.807) is 6.07 Å². The van der Waals surface area contributed by atoms with E-state index in [1.807, 2.05) is 58.3 Å². The molecule has 0 bridgehead atoms. The van der Waals surface area contributed by atoms with Crippen molar-refractivity contribution in [2.24, 2.45) is 5.73 Å². The second-order valence-corrected chi connectivity index (χ2v) is 6.78. The number of hydrogen-bond donors (Lipinski definition) is 2. The number of nitrogens with one attached hydrogen (secondary N) is 1. The summed E-state index contributed by atoms with van der Waals surface area (Å²) >= 11 is 0.